The predicted molar refractivity (Wildman–Crippen MR) is 103 cm³/mol. The molecule has 1 saturated carbocycles. The molecule has 1 aromatic carbocycles. The Kier molecular flexibility index (Phi) is 5.04. The topological polar surface area (TPSA) is 108 Å². The lowest BCUT2D eigenvalue weighted by Crippen LogP contribution is -2.46. The molecule has 0 N–H and O–H groups in total. The Morgan fingerprint density at radius 1 is 1.28 bits per heavy atom. The zero-order valence-electron chi connectivity index (χ0n) is 16.1. The van der Waals surface area contributed by atoms with Crippen LogP contribution in [0.5, 0.6) is 0 Å². The van der Waals surface area contributed by atoms with Crippen molar-refractivity contribution in [3.8, 4) is 5.69 Å². The lowest BCUT2D eigenvalue weighted by molar-refractivity contribution is -0.384. The first-order chi connectivity index (χ1) is 14.0. The summed E-state index contributed by atoms with van der Waals surface area (Å²) in [5.41, 5.74) is 0.328. The highest BCUT2D eigenvalue weighted by Crippen LogP contribution is 2.41. The SMILES string of the molecule is COC(=O)[C@@H]1C[C@H]2CCCC[C@@H]2N1C(=O)c1ccc(-n2ccnc2)c([N+](=O)[O-])c1. The van der Waals surface area contributed by atoms with Gasteiger partial charge in [-0.25, -0.2) is 9.78 Å². The second-order valence-corrected chi connectivity index (χ2v) is 7.53. The van der Waals surface area contributed by atoms with E-state index < -0.39 is 16.9 Å². The molecule has 1 aliphatic heterocycles. The number of esters is 1. The Bertz CT molecular complexity index is 942. The van der Waals surface area contributed by atoms with Gasteiger partial charge in [-0.1, -0.05) is 12.8 Å². The first kappa shape index (κ1) is 19.1. The summed E-state index contributed by atoms with van der Waals surface area (Å²) in [7, 11) is 1.32. The minimum absolute atomic E-state index is 0.0345. The Hall–Kier alpha value is -3.23. The number of hydrogen-bond acceptors (Lipinski definition) is 6. The molecule has 9 nitrogen and oxygen atoms in total. The predicted octanol–water partition coefficient (Wildman–Crippen LogP) is 2.73. The Morgan fingerprint density at radius 3 is 2.76 bits per heavy atom. The molecule has 0 unspecified atom stereocenters. The zero-order chi connectivity index (χ0) is 20.5. The number of hydrogen-bond donors (Lipinski definition) is 0. The van der Waals surface area contributed by atoms with Crippen molar-refractivity contribution in [2.24, 2.45) is 5.92 Å². The van der Waals surface area contributed by atoms with Gasteiger partial charge in [0.25, 0.3) is 11.6 Å². The number of likely N-dealkylation sites (tertiary alicyclic amines) is 1. The molecule has 0 bridgehead atoms. The van der Waals surface area contributed by atoms with E-state index in [4.69, 9.17) is 4.74 Å². The van der Waals surface area contributed by atoms with Crippen molar-refractivity contribution < 1.29 is 19.2 Å². The summed E-state index contributed by atoms with van der Waals surface area (Å²) < 4.78 is 6.46. The number of ether oxygens (including phenoxy) is 1. The minimum Gasteiger partial charge on any atom is -0.467 e. The molecule has 2 aliphatic rings. The molecular formula is C20H22N4O5. The number of methoxy groups -OCH3 is 1. The van der Waals surface area contributed by atoms with Crippen molar-refractivity contribution in [1.29, 1.82) is 0 Å². The van der Waals surface area contributed by atoms with E-state index in [9.17, 15) is 19.7 Å². The monoisotopic (exact) mass is 398 g/mol. The molecule has 1 aliphatic carbocycles. The number of benzene rings is 1. The van der Waals surface area contributed by atoms with E-state index >= 15 is 0 Å². The van der Waals surface area contributed by atoms with Crippen molar-refractivity contribution in [1.82, 2.24) is 14.5 Å². The summed E-state index contributed by atoms with van der Waals surface area (Å²) in [5.74, 6) is -0.538. The molecule has 29 heavy (non-hydrogen) atoms. The Balaban J connectivity index is 1.71. The molecule has 0 radical (unpaired) electrons. The van der Waals surface area contributed by atoms with Gasteiger partial charge in [0.2, 0.25) is 0 Å². The molecular weight excluding hydrogens is 376 g/mol. The van der Waals surface area contributed by atoms with Crippen LogP contribution in [0.4, 0.5) is 5.69 Å². The molecule has 1 aromatic heterocycles. The highest BCUT2D eigenvalue weighted by molar-refractivity contribution is 5.98. The van der Waals surface area contributed by atoms with Gasteiger partial charge in [-0.2, -0.15) is 0 Å². The lowest BCUT2D eigenvalue weighted by Gasteiger charge is -2.33. The fourth-order valence-electron chi connectivity index (χ4n) is 4.67. The van der Waals surface area contributed by atoms with Crippen molar-refractivity contribution >= 4 is 17.6 Å². The third-order valence-corrected chi connectivity index (χ3v) is 6.00. The lowest BCUT2D eigenvalue weighted by atomic mass is 9.84. The molecule has 2 aromatic rings. The number of nitro groups is 1. The summed E-state index contributed by atoms with van der Waals surface area (Å²) >= 11 is 0. The smallest absolute Gasteiger partial charge is 0.328 e. The second kappa shape index (κ2) is 7.65. The molecule has 9 heteroatoms. The average molecular weight is 398 g/mol. The number of carbonyl (C=O) groups is 2. The second-order valence-electron chi connectivity index (χ2n) is 7.53. The van der Waals surface area contributed by atoms with Crippen LogP contribution >= 0.6 is 0 Å². The van der Waals surface area contributed by atoms with E-state index in [1.165, 1.54) is 36.3 Å². The highest BCUT2D eigenvalue weighted by Gasteiger charge is 2.48. The van der Waals surface area contributed by atoms with E-state index in [2.05, 4.69) is 4.98 Å². The number of amides is 1. The van der Waals surface area contributed by atoms with E-state index in [0.29, 0.717) is 12.1 Å². The largest absolute Gasteiger partial charge is 0.467 e. The fourth-order valence-corrected chi connectivity index (χ4v) is 4.67. The first-order valence-corrected chi connectivity index (χ1v) is 9.68. The van der Waals surface area contributed by atoms with Gasteiger partial charge in [-0.15, -0.1) is 0 Å². The van der Waals surface area contributed by atoms with E-state index in [-0.39, 0.29) is 29.1 Å². The van der Waals surface area contributed by atoms with Crippen molar-refractivity contribution in [2.75, 3.05) is 7.11 Å². The van der Waals surface area contributed by atoms with Gasteiger partial charge in [-0.3, -0.25) is 14.9 Å². The summed E-state index contributed by atoms with van der Waals surface area (Å²) in [6, 6.07) is 3.70. The van der Waals surface area contributed by atoms with Gasteiger partial charge in [-0.05, 0) is 37.3 Å². The number of fused-ring (bicyclic) bond motifs is 1. The van der Waals surface area contributed by atoms with Gasteiger partial charge >= 0.3 is 5.97 Å². The maximum absolute atomic E-state index is 13.4. The molecule has 3 atom stereocenters. The standard InChI is InChI=1S/C20H22N4O5/c1-29-20(26)18-10-13-4-2-3-5-15(13)23(18)19(25)14-6-7-16(17(11-14)24(27)28)22-9-8-21-12-22/h6-9,11-13,15,18H,2-5,10H2,1H3/t13-,15+,18+/m1/s1. The van der Waals surface area contributed by atoms with Gasteiger partial charge in [0.15, 0.2) is 0 Å². The van der Waals surface area contributed by atoms with E-state index in [1.54, 1.807) is 17.2 Å². The zero-order valence-corrected chi connectivity index (χ0v) is 16.1. The van der Waals surface area contributed by atoms with Crippen LogP contribution in [-0.2, 0) is 9.53 Å². The maximum Gasteiger partial charge on any atom is 0.328 e. The number of rotatable bonds is 4. The van der Waals surface area contributed by atoms with Crippen LogP contribution in [0.3, 0.4) is 0 Å². The normalized spacial score (nSPS) is 23.5. The average Bonchev–Trinajstić information content (AvgIpc) is 3.40. The van der Waals surface area contributed by atoms with Crippen LogP contribution in [0.25, 0.3) is 5.69 Å². The molecule has 2 heterocycles. The molecule has 2 fully saturated rings. The Labute approximate surface area is 167 Å². The number of imidazole rings is 1. The Morgan fingerprint density at radius 2 is 2.07 bits per heavy atom. The third-order valence-electron chi connectivity index (χ3n) is 6.00. The minimum atomic E-state index is -0.645. The summed E-state index contributed by atoms with van der Waals surface area (Å²) in [4.78, 5) is 42.4. The molecule has 4 rings (SSSR count). The van der Waals surface area contributed by atoms with Crippen molar-refractivity contribution in [3.63, 3.8) is 0 Å². The number of nitro benzene ring substituents is 1. The van der Waals surface area contributed by atoms with Crippen molar-refractivity contribution in [2.45, 2.75) is 44.2 Å². The number of nitrogens with zero attached hydrogens (tertiary/aromatic N) is 4. The third kappa shape index (κ3) is 3.37. The van der Waals surface area contributed by atoms with Crippen LogP contribution in [0, 0.1) is 16.0 Å². The van der Waals surface area contributed by atoms with Crippen LogP contribution in [0.15, 0.2) is 36.9 Å². The maximum atomic E-state index is 13.4. The molecule has 152 valence electrons. The van der Waals surface area contributed by atoms with E-state index in [0.717, 1.165) is 25.7 Å². The van der Waals surface area contributed by atoms with Crippen LogP contribution in [0.1, 0.15) is 42.5 Å². The first-order valence-electron chi connectivity index (χ1n) is 9.68. The van der Waals surface area contributed by atoms with E-state index in [1.807, 2.05) is 0 Å². The number of aromatic nitrogens is 2. The fraction of sp³-hybridized carbons (Fsp3) is 0.450. The summed E-state index contributed by atoms with van der Waals surface area (Å²) in [6.07, 6.45) is 9.06. The van der Waals surface area contributed by atoms with Crippen LogP contribution in [0.2, 0.25) is 0 Å². The quantitative estimate of drug-likeness (QED) is 0.445. The molecule has 1 saturated heterocycles. The molecule has 1 amide bonds. The summed E-state index contributed by atoms with van der Waals surface area (Å²) in [6.45, 7) is 0. The number of carbonyl (C=O) groups excluding carboxylic acids is 2. The van der Waals surface area contributed by atoms with Crippen molar-refractivity contribution in [3.05, 3.63) is 52.6 Å². The van der Waals surface area contributed by atoms with Gasteiger partial charge in [0, 0.05) is 30.1 Å². The van der Waals surface area contributed by atoms with Gasteiger partial charge < -0.3 is 14.2 Å². The highest BCUT2D eigenvalue weighted by atomic mass is 16.6. The van der Waals surface area contributed by atoms with Crippen LogP contribution in [-0.4, -0.2) is 50.4 Å². The van der Waals surface area contributed by atoms with Gasteiger partial charge in [0.05, 0.1) is 18.4 Å². The van der Waals surface area contributed by atoms with Crippen LogP contribution < -0.4 is 0 Å². The summed E-state index contributed by atoms with van der Waals surface area (Å²) in [5, 5.41) is 11.6. The molecule has 0 spiro atoms. The van der Waals surface area contributed by atoms with Gasteiger partial charge in [0.1, 0.15) is 11.7 Å².